The number of thioether (sulfide) groups is 1. The van der Waals surface area contributed by atoms with E-state index in [0.29, 0.717) is 0 Å². The highest BCUT2D eigenvalue weighted by Crippen LogP contribution is 2.26. The normalized spacial score (nSPS) is 15.6. The van der Waals surface area contributed by atoms with Gasteiger partial charge in [0, 0.05) is 30.1 Å². The first-order chi connectivity index (χ1) is 11.5. The number of nitro groups is 1. The fourth-order valence-corrected chi connectivity index (χ4v) is 3.25. The topological polar surface area (TPSA) is 89.7 Å². The molecule has 1 saturated heterocycles. The average molecular weight is 352 g/mol. The van der Waals surface area contributed by atoms with Crippen LogP contribution in [0.15, 0.2) is 29.2 Å². The number of rotatable bonds is 6. The van der Waals surface area contributed by atoms with Gasteiger partial charge >= 0.3 is 5.97 Å². The maximum absolute atomic E-state index is 12.0. The van der Waals surface area contributed by atoms with Gasteiger partial charge in [0.15, 0.2) is 6.61 Å². The number of hydrogen-bond donors (Lipinski definition) is 0. The third-order valence-corrected chi connectivity index (χ3v) is 4.83. The van der Waals surface area contributed by atoms with Gasteiger partial charge in [0.2, 0.25) is 0 Å². The minimum atomic E-state index is -0.499. The summed E-state index contributed by atoms with van der Waals surface area (Å²) in [5.74, 6) is -0.626. The molecule has 0 radical (unpaired) electrons. The molecule has 8 heteroatoms. The van der Waals surface area contributed by atoms with Crippen LogP contribution in [0.5, 0.6) is 0 Å². The van der Waals surface area contributed by atoms with Crippen LogP contribution in [-0.4, -0.2) is 46.6 Å². The Morgan fingerprint density at radius 3 is 2.46 bits per heavy atom. The first kappa shape index (κ1) is 18.3. The molecule has 2 rings (SSSR count). The number of amides is 1. The predicted molar refractivity (Wildman–Crippen MR) is 89.8 cm³/mol. The molecule has 0 aromatic heterocycles. The van der Waals surface area contributed by atoms with E-state index >= 15 is 0 Å². The number of non-ortho nitro benzene ring substituents is 1. The summed E-state index contributed by atoms with van der Waals surface area (Å²) in [6, 6.07) is 5.96. The van der Waals surface area contributed by atoms with E-state index in [-0.39, 0.29) is 18.2 Å². The molecular formula is C16H20N2O5S. The van der Waals surface area contributed by atoms with Crippen LogP contribution in [0.3, 0.4) is 0 Å². The Balaban J connectivity index is 1.79. The molecule has 7 nitrogen and oxygen atoms in total. The summed E-state index contributed by atoms with van der Waals surface area (Å²) >= 11 is 1.24. The van der Waals surface area contributed by atoms with Crippen LogP contribution in [0.4, 0.5) is 5.69 Å². The van der Waals surface area contributed by atoms with Gasteiger partial charge in [-0.1, -0.05) is 0 Å². The van der Waals surface area contributed by atoms with Gasteiger partial charge in [0.25, 0.3) is 11.6 Å². The second-order valence-corrected chi connectivity index (χ2v) is 6.97. The van der Waals surface area contributed by atoms with E-state index in [4.69, 9.17) is 4.74 Å². The lowest BCUT2D eigenvalue weighted by Gasteiger charge is -2.26. The molecule has 1 atom stereocenters. The summed E-state index contributed by atoms with van der Waals surface area (Å²) in [6.07, 6.45) is 3.12. The van der Waals surface area contributed by atoms with Crippen molar-refractivity contribution in [1.29, 1.82) is 0 Å². The number of ether oxygens (including phenoxy) is 1. The van der Waals surface area contributed by atoms with Gasteiger partial charge in [-0.15, -0.1) is 11.8 Å². The molecular weight excluding hydrogens is 332 g/mol. The fraction of sp³-hybridized carbons (Fsp3) is 0.500. The predicted octanol–water partition coefficient (Wildman–Crippen LogP) is 2.63. The van der Waals surface area contributed by atoms with E-state index in [9.17, 15) is 19.7 Å². The van der Waals surface area contributed by atoms with Crippen molar-refractivity contribution in [3.05, 3.63) is 34.4 Å². The molecule has 1 aliphatic heterocycles. The summed E-state index contributed by atoms with van der Waals surface area (Å²) in [4.78, 5) is 36.5. The first-order valence-electron chi connectivity index (χ1n) is 7.83. The molecule has 1 heterocycles. The highest BCUT2D eigenvalue weighted by atomic mass is 32.2. The lowest BCUT2D eigenvalue weighted by Crippen LogP contribution is -2.38. The lowest BCUT2D eigenvalue weighted by atomic mass is 10.1. The summed E-state index contributed by atoms with van der Waals surface area (Å²) in [7, 11) is 0. The van der Waals surface area contributed by atoms with E-state index < -0.39 is 16.1 Å². The van der Waals surface area contributed by atoms with Crippen LogP contribution in [0.25, 0.3) is 0 Å². The van der Waals surface area contributed by atoms with E-state index in [0.717, 1.165) is 37.2 Å². The zero-order chi connectivity index (χ0) is 17.5. The molecule has 24 heavy (non-hydrogen) atoms. The minimum Gasteiger partial charge on any atom is -0.455 e. The highest BCUT2D eigenvalue weighted by molar-refractivity contribution is 8.00. The van der Waals surface area contributed by atoms with E-state index in [1.165, 1.54) is 23.9 Å². The molecule has 1 fully saturated rings. The van der Waals surface area contributed by atoms with Crippen molar-refractivity contribution in [1.82, 2.24) is 4.90 Å². The Hall–Kier alpha value is -2.09. The number of hydrogen-bond acceptors (Lipinski definition) is 6. The van der Waals surface area contributed by atoms with Gasteiger partial charge in [-0.05, 0) is 38.3 Å². The van der Waals surface area contributed by atoms with Crippen molar-refractivity contribution in [2.45, 2.75) is 36.3 Å². The third-order valence-electron chi connectivity index (χ3n) is 3.74. The second kappa shape index (κ2) is 8.68. The van der Waals surface area contributed by atoms with Crippen molar-refractivity contribution < 1.29 is 19.2 Å². The molecule has 1 aromatic carbocycles. The fourth-order valence-electron chi connectivity index (χ4n) is 2.38. The summed E-state index contributed by atoms with van der Waals surface area (Å²) in [5.41, 5.74) is 0.00158. The number of esters is 1. The first-order valence-corrected chi connectivity index (χ1v) is 8.71. The number of carbonyl (C=O) groups excluding carboxylic acids is 2. The van der Waals surface area contributed by atoms with Crippen LogP contribution < -0.4 is 0 Å². The number of piperidine rings is 1. The Morgan fingerprint density at radius 2 is 1.88 bits per heavy atom. The molecule has 1 amide bonds. The SMILES string of the molecule is CC(Sc1ccc([N+](=O)[O-])cc1)C(=O)OCC(=O)N1CCCCC1. The van der Waals surface area contributed by atoms with Crippen molar-refractivity contribution in [2.24, 2.45) is 0 Å². The summed E-state index contributed by atoms with van der Waals surface area (Å²) < 4.78 is 5.09. The summed E-state index contributed by atoms with van der Waals surface area (Å²) in [6.45, 7) is 2.90. The molecule has 0 spiro atoms. The van der Waals surface area contributed by atoms with E-state index in [1.54, 1.807) is 24.0 Å². The molecule has 0 bridgehead atoms. The maximum Gasteiger partial charge on any atom is 0.319 e. The van der Waals surface area contributed by atoms with Crippen molar-refractivity contribution in [2.75, 3.05) is 19.7 Å². The number of carbonyl (C=O) groups is 2. The molecule has 1 unspecified atom stereocenters. The van der Waals surface area contributed by atoms with Crippen LogP contribution >= 0.6 is 11.8 Å². The monoisotopic (exact) mass is 352 g/mol. The van der Waals surface area contributed by atoms with Gasteiger partial charge in [0.05, 0.1) is 4.92 Å². The van der Waals surface area contributed by atoms with Crippen molar-refractivity contribution in [3.63, 3.8) is 0 Å². The number of likely N-dealkylation sites (tertiary alicyclic amines) is 1. The van der Waals surface area contributed by atoms with Crippen molar-refractivity contribution >= 4 is 29.3 Å². The third kappa shape index (κ3) is 5.23. The lowest BCUT2D eigenvalue weighted by molar-refractivity contribution is -0.384. The van der Waals surface area contributed by atoms with Gasteiger partial charge in [-0.25, -0.2) is 0 Å². The Labute approximate surface area is 144 Å². The Bertz CT molecular complexity index is 599. The van der Waals surface area contributed by atoms with Gasteiger partial charge in [-0.3, -0.25) is 19.7 Å². The van der Waals surface area contributed by atoms with Crippen LogP contribution in [-0.2, 0) is 14.3 Å². The van der Waals surface area contributed by atoms with Crippen LogP contribution in [0.2, 0.25) is 0 Å². The highest BCUT2D eigenvalue weighted by Gasteiger charge is 2.21. The molecule has 0 aliphatic carbocycles. The maximum atomic E-state index is 12.0. The van der Waals surface area contributed by atoms with Gasteiger partial charge in [-0.2, -0.15) is 0 Å². The smallest absolute Gasteiger partial charge is 0.319 e. The Kier molecular flexibility index (Phi) is 6.60. The van der Waals surface area contributed by atoms with E-state index in [1.807, 2.05) is 0 Å². The van der Waals surface area contributed by atoms with E-state index in [2.05, 4.69) is 0 Å². The molecule has 1 aliphatic rings. The van der Waals surface area contributed by atoms with Crippen molar-refractivity contribution in [3.8, 4) is 0 Å². The quantitative estimate of drug-likeness (QED) is 0.338. The number of benzene rings is 1. The Morgan fingerprint density at radius 1 is 1.25 bits per heavy atom. The number of nitrogens with zero attached hydrogens (tertiary/aromatic N) is 2. The molecule has 0 saturated carbocycles. The van der Waals surface area contributed by atoms with Gasteiger partial charge in [0.1, 0.15) is 5.25 Å². The zero-order valence-electron chi connectivity index (χ0n) is 13.5. The molecule has 1 aromatic rings. The number of nitro benzene ring substituents is 1. The van der Waals surface area contributed by atoms with Gasteiger partial charge < -0.3 is 9.64 Å². The summed E-state index contributed by atoms with van der Waals surface area (Å²) in [5, 5.41) is 10.1. The molecule has 0 N–H and O–H groups in total. The standard InChI is InChI=1S/C16H20N2O5S/c1-12(24-14-7-5-13(6-8-14)18(21)22)16(20)23-11-15(19)17-9-3-2-4-10-17/h5-8,12H,2-4,9-11H2,1H3. The minimum absolute atomic E-state index is 0.00158. The largest absolute Gasteiger partial charge is 0.455 e. The van der Waals surface area contributed by atoms with Crippen LogP contribution in [0, 0.1) is 10.1 Å². The molecule has 130 valence electrons. The zero-order valence-corrected chi connectivity index (χ0v) is 14.3. The average Bonchev–Trinajstić information content (AvgIpc) is 2.60. The second-order valence-electron chi connectivity index (χ2n) is 5.56. The van der Waals surface area contributed by atoms with Crippen LogP contribution in [0.1, 0.15) is 26.2 Å².